The number of nitrogens with one attached hydrogen (secondary N) is 3. The Hall–Kier alpha value is -5.51. The highest BCUT2D eigenvalue weighted by Gasteiger charge is 2.35. The maximum Gasteiger partial charge on any atom is 0.339 e. The molecule has 0 bridgehead atoms. The third-order valence-corrected chi connectivity index (χ3v) is 8.31. The van der Waals surface area contributed by atoms with Gasteiger partial charge in [-0.05, 0) is 71.8 Å². The molecule has 4 aromatic rings. The van der Waals surface area contributed by atoms with Crippen LogP contribution in [0.5, 0.6) is 5.88 Å². The zero-order chi connectivity index (χ0) is 32.8. The van der Waals surface area contributed by atoms with Gasteiger partial charge in [0.05, 0.1) is 12.7 Å². The fourth-order valence-electron chi connectivity index (χ4n) is 5.59. The molecule has 236 valence electrons. The largest absolute Gasteiger partial charge is 0.481 e. The number of amidine groups is 1. The molecule has 10 nitrogen and oxygen atoms in total. The number of benzene rings is 3. The summed E-state index contributed by atoms with van der Waals surface area (Å²) in [6.45, 7) is 4.30. The van der Waals surface area contributed by atoms with Gasteiger partial charge in [-0.15, -0.1) is 0 Å². The molecule has 0 radical (unpaired) electrons. The molecule has 1 aromatic heterocycles. The summed E-state index contributed by atoms with van der Waals surface area (Å²) < 4.78 is 11.0. The van der Waals surface area contributed by atoms with E-state index in [1.165, 1.54) is 13.2 Å². The molecule has 0 saturated heterocycles. The molecule has 1 heterocycles. The molecule has 1 atom stereocenters. The molecular formula is C36H37N5O5. The quantitative estimate of drug-likeness (QED) is 0.0969. The van der Waals surface area contributed by atoms with E-state index in [9.17, 15) is 14.4 Å². The van der Waals surface area contributed by atoms with Crippen LogP contribution in [0.15, 0.2) is 84.9 Å². The van der Waals surface area contributed by atoms with Crippen molar-refractivity contribution in [2.75, 3.05) is 12.4 Å². The minimum absolute atomic E-state index is 0.00277. The van der Waals surface area contributed by atoms with E-state index in [0.717, 1.165) is 24.8 Å². The molecule has 1 fully saturated rings. The first kappa shape index (κ1) is 31.9. The summed E-state index contributed by atoms with van der Waals surface area (Å²) in [6.07, 6.45) is 2.94. The van der Waals surface area contributed by atoms with Gasteiger partial charge in [0, 0.05) is 34.5 Å². The molecule has 46 heavy (non-hydrogen) atoms. The fraction of sp³-hybridized carbons (Fsp3) is 0.250. The molecular weight excluding hydrogens is 582 g/mol. The Balaban J connectivity index is 1.52. The van der Waals surface area contributed by atoms with Crippen LogP contribution in [0.4, 0.5) is 5.69 Å². The summed E-state index contributed by atoms with van der Waals surface area (Å²) in [6, 6.07) is 23.8. The molecule has 1 saturated carbocycles. The Kier molecular flexibility index (Phi) is 9.46. The highest BCUT2D eigenvalue weighted by atomic mass is 16.5. The third-order valence-electron chi connectivity index (χ3n) is 8.31. The Morgan fingerprint density at radius 2 is 1.63 bits per heavy atom. The lowest BCUT2D eigenvalue weighted by Crippen LogP contribution is -2.41. The maximum atomic E-state index is 13.7. The van der Waals surface area contributed by atoms with Crippen molar-refractivity contribution in [2.24, 2.45) is 11.1 Å². The number of anilines is 1. The lowest BCUT2D eigenvalue weighted by Gasteiger charge is -2.28. The van der Waals surface area contributed by atoms with Gasteiger partial charge < -0.3 is 25.8 Å². The molecule has 1 aliphatic rings. The van der Waals surface area contributed by atoms with Crippen molar-refractivity contribution in [1.82, 2.24) is 10.3 Å². The average molecular weight is 620 g/mol. The average Bonchev–Trinajstić information content (AvgIpc) is 3.40. The van der Waals surface area contributed by atoms with Crippen LogP contribution in [0.3, 0.4) is 0 Å². The van der Waals surface area contributed by atoms with E-state index in [1.807, 2.05) is 30.3 Å². The monoisotopic (exact) mass is 619 g/mol. The molecule has 2 amide bonds. The normalized spacial score (nSPS) is 15.1. The molecule has 1 aliphatic carbocycles. The van der Waals surface area contributed by atoms with Gasteiger partial charge in [0.25, 0.3) is 11.8 Å². The number of rotatable bonds is 10. The molecule has 0 unspecified atom stereocenters. The number of nitrogen functional groups attached to an aromatic ring is 1. The lowest BCUT2D eigenvalue weighted by molar-refractivity contribution is 0.0473. The van der Waals surface area contributed by atoms with E-state index in [2.05, 4.69) is 29.5 Å². The number of nitrogens with two attached hydrogens (primary N) is 1. The number of nitrogens with zero attached hydrogens (tertiary/aromatic N) is 1. The van der Waals surface area contributed by atoms with Crippen molar-refractivity contribution in [3.8, 4) is 17.0 Å². The van der Waals surface area contributed by atoms with Crippen molar-refractivity contribution in [3.05, 3.63) is 113 Å². The summed E-state index contributed by atoms with van der Waals surface area (Å²) in [5.74, 6) is -1.40. The van der Waals surface area contributed by atoms with Gasteiger partial charge in [0.2, 0.25) is 5.88 Å². The number of hydrogen-bond acceptors (Lipinski definition) is 7. The number of esters is 1. The van der Waals surface area contributed by atoms with Gasteiger partial charge in [-0.1, -0.05) is 56.7 Å². The van der Waals surface area contributed by atoms with Crippen LogP contribution >= 0.6 is 0 Å². The molecule has 0 aliphatic heterocycles. The van der Waals surface area contributed by atoms with Crippen molar-refractivity contribution >= 4 is 29.3 Å². The number of ether oxygens (including phenoxy) is 2. The number of methoxy groups -OCH3 is 1. The first-order valence-corrected chi connectivity index (χ1v) is 15.0. The van der Waals surface area contributed by atoms with E-state index in [4.69, 9.17) is 20.6 Å². The van der Waals surface area contributed by atoms with E-state index in [0.29, 0.717) is 27.9 Å². The Labute approximate surface area is 267 Å². The molecule has 5 N–H and O–H groups in total. The smallest absolute Gasteiger partial charge is 0.339 e. The minimum Gasteiger partial charge on any atom is -0.481 e. The molecule has 3 aromatic carbocycles. The number of pyridine rings is 1. The number of hydrogen-bond donors (Lipinski definition) is 4. The van der Waals surface area contributed by atoms with Crippen LogP contribution in [-0.2, 0) is 11.3 Å². The minimum atomic E-state index is -0.656. The van der Waals surface area contributed by atoms with E-state index < -0.39 is 11.9 Å². The summed E-state index contributed by atoms with van der Waals surface area (Å²) in [7, 11) is 1.44. The van der Waals surface area contributed by atoms with Crippen molar-refractivity contribution in [1.29, 1.82) is 5.41 Å². The van der Waals surface area contributed by atoms with Gasteiger partial charge in [-0.2, -0.15) is 0 Å². The van der Waals surface area contributed by atoms with E-state index >= 15 is 0 Å². The van der Waals surface area contributed by atoms with Gasteiger partial charge in [-0.3, -0.25) is 15.0 Å². The zero-order valence-electron chi connectivity index (χ0n) is 26.1. The predicted octanol–water partition coefficient (Wildman–Crippen LogP) is 5.96. The van der Waals surface area contributed by atoms with Crippen molar-refractivity contribution in [3.63, 3.8) is 0 Å². The fourth-order valence-corrected chi connectivity index (χ4v) is 5.59. The second-order valence-corrected chi connectivity index (χ2v) is 11.9. The topological polar surface area (TPSA) is 156 Å². The first-order chi connectivity index (χ1) is 22.1. The molecule has 5 rings (SSSR count). The second kappa shape index (κ2) is 13.6. The highest BCUT2D eigenvalue weighted by Crippen LogP contribution is 2.37. The standard InChI is InChI=1S/C36H37N5O5/c1-36(2)19-7-10-29(36)40-33(42)24-13-16-26(28(20-24)35(44)46-21-22-8-5-4-6-9-22)27-17-18-30(45-3)41-31(27)34(43)39-25-14-11-23(12-15-25)32(37)38/h4-6,8-9,11-18,20,29H,7,10,19,21H2,1-3H3,(H3,37,38)(H,39,43)(H,40,42)/t29-/m0/s1. The summed E-state index contributed by atoms with van der Waals surface area (Å²) in [5, 5.41) is 13.6. The zero-order valence-corrected chi connectivity index (χ0v) is 26.1. The first-order valence-electron chi connectivity index (χ1n) is 15.0. The predicted molar refractivity (Wildman–Crippen MR) is 176 cm³/mol. The van der Waals surface area contributed by atoms with Crippen LogP contribution in [0.25, 0.3) is 11.1 Å². The Morgan fingerprint density at radius 3 is 2.28 bits per heavy atom. The summed E-state index contributed by atoms with van der Waals surface area (Å²) in [4.78, 5) is 45.2. The van der Waals surface area contributed by atoms with Gasteiger partial charge in [0.15, 0.2) is 0 Å². The van der Waals surface area contributed by atoms with Crippen molar-refractivity contribution < 1.29 is 23.9 Å². The summed E-state index contributed by atoms with van der Waals surface area (Å²) in [5.41, 5.74) is 8.41. The molecule has 0 spiro atoms. The number of aromatic nitrogens is 1. The van der Waals surface area contributed by atoms with Crippen LogP contribution in [0, 0.1) is 10.8 Å². The Morgan fingerprint density at radius 1 is 0.935 bits per heavy atom. The lowest BCUT2D eigenvalue weighted by atomic mass is 9.87. The van der Waals surface area contributed by atoms with Gasteiger partial charge >= 0.3 is 5.97 Å². The number of amides is 2. The SMILES string of the molecule is COc1ccc(-c2ccc(C(=O)N[C@H]3CCCC3(C)C)cc2C(=O)OCc2ccccc2)c(C(=O)Nc2ccc(C(=N)N)cc2)n1. The number of carbonyl (C=O) groups is 3. The van der Waals surface area contributed by atoms with Gasteiger partial charge in [-0.25, -0.2) is 9.78 Å². The third kappa shape index (κ3) is 7.23. The van der Waals surface area contributed by atoms with Crippen LogP contribution in [-0.4, -0.2) is 41.8 Å². The van der Waals surface area contributed by atoms with Crippen LogP contribution < -0.4 is 21.1 Å². The second-order valence-electron chi connectivity index (χ2n) is 11.9. The maximum absolute atomic E-state index is 13.7. The summed E-state index contributed by atoms with van der Waals surface area (Å²) >= 11 is 0. The van der Waals surface area contributed by atoms with Crippen LogP contribution in [0.1, 0.15) is 75.4 Å². The van der Waals surface area contributed by atoms with Gasteiger partial charge in [0.1, 0.15) is 18.1 Å². The molecule has 10 heteroatoms. The van der Waals surface area contributed by atoms with Crippen LogP contribution in [0.2, 0.25) is 0 Å². The van der Waals surface area contributed by atoms with E-state index in [1.54, 1.807) is 48.5 Å². The highest BCUT2D eigenvalue weighted by molar-refractivity contribution is 6.10. The Bertz CT molecular complexity index is 1770. The van der Waals surface area contributed by atoms with E-state index in [-0.39, 0.29) is 46.9 Å². The number of carbonyl (C=O) groups excluding carboxylic acids is 3. The van der Waals surface area contributed by atoms with Crippen molar-refractivity contribution in [2.45, 2.75) is 45.8 Å².